The number of hydrogen-bond acceptors (Lipinski definition) is 1. The monoisotopic (exact) mass is 316 g/mol. The van der Waals surface area contributed by atoms with E-state index in [1.165, 1.54) is 12.1 Å². The molecule has 0 unspecified atom stereocenters. The van der Waals surface area contributed by atoms with Crippen LogP contribution in [0.3, 0.4) is 0 Å². The Labute approximate surface area is 93.4 Å². The van der Waals surface area contributed by atoms with Crippen LogP contribution in [0.4, 0.5) is 13.2 Å². The first kappa shape index (κ1) is 11.8. The van der Waals surface area contributed by atoms with Gasteiger partial charge in [0.15, 0.2) is 0 Å². The quantitative estimate of drug-likeness (QED) is 0.779. The Morgan fingerprint density at radius 3 is 2.64 bits per heavy atom. The molecule has 0 radical (unpaired) electrons. The minimum absolute atomic E-state index is 0.177. The van der Waals surface area contributed by atoms with Crippen molar-refractivity contribution in [1.29, 1.82) is 0 Å². The lowest BCUT2D eigenvalue weighted by Gasteiger charge is -2.16. The topological polar surface area (TPSA) is 9.23 Å². The van der Waals surface area contributed by atoms with E-state index in [1.807, 2.05) is 0 Å². The zero-order chi connectivity index (χ0) is 10.8. The van der Waals surface area contributed by atoms with Crippen molar-refractivity contribution >= 4 is 22.6 Å². The zero-order valence-corrected chi connectivity index (χ0v) is 9.52. The maximum atomic E-state index is 13.3. The average Bonchev–Trinajstić information content (AvgIpc) is 2.09. The van der Waals surface area contributed by atoms with Gasteiger partial charge in [0, 0.05) is 10.7 Å². The molecule has 0 atom stereocenters. The molecular formula is C9H8F3IO. The number of alkyl halides is 2. The molecule has 0 N–H and O–H groups in total. The van der Waals surface area contributed by atoms with Crippen molar-refractivity contribution in [2.75, 3.05) is 13.7 Å². The van der Waals surface area contributed by atoms with E-state index < -0.39 is 23.9 Å². The Hall–Kier alpha value is -0.300. The van der Waals surface area contributed by atoms with Crippen LogP contribution in [-0.2, 0) is 10.7 Å². The van der Waals surface area contributed by atoms with Crippen LogP contribution in [0.2, 0.25) is 0 Å². The molecule has 0 amide bonds. The van der Waals surface area contributed by atoms with Crippen LogP contribution < -0.4 is 0 Å². The Bertz CT molecular complexity index is 328. The summed E-state index contributed by atoms with van der Waals surface area (Å²) in [4.78, 5) is 0. The van der Waals surface area contributed by atoms with Crippen LogP contribution in [0, 0.1) is 9.39 Å². The van der Waals surface area contributed by atoms with Gasteiger partial charge in [-0.1, -0.05) is 6.07 Å². The molecule has 1 aromatic carbocycles. The van der Waals surface area contributed by atoms with Gasteiger partial charge in [0.2, 0.25) is 0 Å². The van der Waals surface area contributed by atoms with Gasteiger partial charge in [0.1, 0.15) is 12.4 Å². The number of methoxy groups -OCH3 is 1. The molecular weight excluding hydrogens is 308 g/mol. The van der Waals surface area contributed by atoms with Gasteiger partial charge in [-0.15, -0.1) is 0 Å². The fraction of sp³-hybridized carbons (Fsp3) is 0.333. The summed E-state index contributed by atoms with van der Waals surface area (Å²) in [5, 5.41) is 0. The maximum Gasteiger partial charge on any atom is 0.298 e. The molecule has 5 heteroatoms. The van der Waals surface area contributed by atoms with E-state index in [0.717, 1.165) is 13.2 Å². The molecule has 14 heavy (non-hydrogen) atoms. The standard InChI is InChI=1S/C9H8F3IO/c1-14-5-9(11,12)6-3-2-4-7(13)8(6)10/h2-4H,5H2,1H3. The highest BCUT2D eigenvalue weighted by atomic mass is 127. The smallest absolute Gasteiger partial charge is 0.298 e. The summed E-state index contributed by atoms with van der Waals surface area (Å²) in [6.07, 6.45) is 0. The van der Waals surface area contributed by atoms with Crippen molar-refractivity contribution in [2.24, 2.45) is 0 Å². The summed E-state index contributed by atoms with van der Waals surface area (Å²) < 4.78 is 44.2. The van der Waals surface area contributed by atoms with E-state index in [1.54, 1.807) is 22.6 Å². The summed E-state index contributed by atoms with van der Waals surface area (Å²) in [6, 6.07) is 3.89. The van der Waals surface area contributed by atoms with Crippen molar-refractivity contribution in [3.63, 3.8) is 0 Å². The number of halogens is 4. The SMILES string of the molecule is COCC(F)(F)c1cccc(I)c1F. The van der Waals surface area contributed by atoms with Crippen LogP contribution in [0.15, 0.2) is 18.2 Å². The Morgan fingerprint density at radius 2 is 2.07 bits per heavy atom. The van der Waals surface area contributed by atoms with E-state index in [0.29, 0.717) is 0 Å². The maximum absolute atomic E-state index is 13.3. The summed E-state index contributed by atoms with van der Waals surface area (Å²) in [7, 11) is 1.15. The van der Waals surface area contributed by atoms with Crippen molar-refractivity contribution in [1.82, 2.24) is 0 Å². The van der Waals surface area contributed by atoms with Crippen LogP contribution >= 0.6 is 22.6 Å². The fourth-order valence-corrected chi connectivity index (χ4v) is 1.54. The van der Waals surface area contributed by atoms with Gasteiger partial charge in [-0.05, 0) is 34.7 Å². The lowest BCUT2D eigenvalue weighted by molar-refractivity contribution is -0.0722. The second kappa shape index (κ2) is 4.48. The number of ether oxygens (including phenoxy) is 1. The lowest BCUT2D eigenvalue weighted by Crippen LogP contribution is -2.22. The molecule has 0 aromatic heterocycles. The summed E-state index contributed by atoms with van der Waals surface area (Å²) in [5.41, 5.74) is -0.619. The Balaban J connectivity index is 3.12. The lowest BCUT2D eigenvalue weighted by atomic mass is 10.1. The fourth-order valence-electron chi connectivity index (χ4n) is 1.05. The first-order chi connectivity index (χ1) is 6.49. The highest BCUT2D eigenvalue weighted by Crippen LogP contribution is 2.31. The largest absolute Gasteiger partial charge is 0.378 e. The molecule has 1 rings (SSSR count). The second-order valence-corrected chi connectivity index (χ2v) is 3.90. The minimum atomic E-state index is -3.28. The number of hydrogen-bond donors (Lipinski definition) is 0. The molecule has 0 saturated carbocycles. The van der Waals surface area contributed by atoms with Crippen molar-refractivity contribution in [2.45, 2.75) is 5.92 Å². The highest BCUT2D eigenvalue weighted by Gasteiger charge is 2.35. The molecule has 1 nitrogen and oxygen atoms in total. The van der Waals surface area contributed by atoms with Gasteiger partial charge in [-0.3, -0.25) is 0 Å². The van der Waals surface area contributed by atoms with Crippen molar-refractivity contribution < 1.29 is 17.9 Å². The van der Waals surface area contributed by atoms with E-state index in [2.05, 4.69) is 4.74 Å². The first-order valence-corrected chi connectivity index (χ1v) is 4.88. The number of rotatable bonds is 3. The van der Waals surface area contributed by atoms with Gasteiger partial charge < -0.3 is 4.74 Å². The van der Waals surface area contributed by atoms with Gasteiger partial charge >= 0.3 is 0 Å². The number of benzene rings is 1. The molecule has 0 aliphatic carbocycles. The Kier molecular flexibility index (Phi) is 3.77. The third kappa shape index (κ3) is 2.38. The highest BCUT2D eigenvalue weighted by molar-refractivity contribution is 14.1. The molecule has 0 fully saturated rings. The van der Waals surface area contributed by atoms with Crippen LogP contribution in [0.5, 0.6) is 0 Å². The molecule has 0 aliphatic rings. The summed E-state index contributed by atoms with van der Waals surface area (Å²) in [5.74, 6) is -4.16. The molecule has 0 heterocycles. The second-order valence-electron chi connectivity index (χ2n) is 2.74. The molecule has 0 bridgehead atoms. The molecule has 0 saturated heterocycles. The molecule has 0 aliphatic heterocycles. The van der Waals surface area contributed by atoms with E-state index in [-0.39, 0.29) is 3.57 Å². The minimum Gasteiger partial charge on any atom is -0.378 e. The van der Waals surface area contributed by atoms with Gasteiger partial charge in [-0.25, -0.2) is 4.39 Å². The van der Waals surface area contributed by atoms with Crippen molar-refractivity contribution in [3.8, 4) is 0 Å². The van der Waals surface area contributed by atoms with E-state index >= 15 is 0 Å². The average molecular weight is 316 g/mol. The first-order valence-electron chi connectivity index (χ1n) is 3.80. The third-order valence-corrected chi connectivity index (χ3v) is 2.50. The molecule has 78 valence electrons. The van der Waals surface area contributed by atoms with E-state index in [9.17, 15) is 13.2 Å². The van der Waals surface area contributed by atoms with Crippen LogP contribution in [0.25, 0.3) is 0 Å². The summed E-state index contributed by atoms with van der Waals surface area (Å²) in [6.45, 7) is -0.815. The molecule has 1 aromatic rings. The van der Waals surface area contributed by atoms with Gasteiger partial charge in [0.25, 0.3) is 5.92 Å². The van der Waals surface area contributed by atoms with Crippen LogP contribution in [0.1, 0.15) is 5.56 Å². The predicted molar refractivity (Wildman–Crippen MR) is 54.9 cm³/mol. The van der Waals surface area contributed by atoms with Crippen LogP contribution in [-0.4, -0.2) is 13.7 Å². The van der Waals surface area contributed by atoms with Gasteiger partial charge in [0.05, 0.1) is 5.56 Å². The van der Waals surface area contributed by atoms with E-state index in [4.69, 9.17) is 0 Å². The summed E-state index contributed by atoms with van der Waals surface area (Å²) >= 11 is 1.67. The van der Waals surface area contributed by atoms with Crippen molar-refractivity contribution in [3.05, 3.63) is 33.1 Å². The third-order valence-electron chi connectivity index (χ3n) is 1.67. The zero-order valence-electron chi connectivity index (χ0n) is 7.36. The predicted octanol–water partition coefficient (Wildman–Crippen LogP) is 3.17. The van der Waals surface area contributed by atoms with Gasteiger partial charge in [-0.2, -0.15) is 8.78 Å². The normalized spacial score (nSPS) is 11.8. The molecule has 0 spiro atoms. The Morgan fingerprint density at radius 1 is 1.43 bits per heavy atom.